The predicted octanol–water partition coefficient (Wildman–Crippen LogP) is 1.63. The van der Waals surface area contributed by atoms with Crippen LogP contribution in [0, 0.1) is 5.92 Å². The molecule has 0 amide bonds. The van der Waals surface area contributed by atoms with Gasteiger partial charge in [-0.25, -0.2) is 0 Å². The van der Waals surface area contributed by atoms with E-state index in [0.29, 0.717) is 6.04 Å². The first-order valence-electron chi connectivity index (χ1n) is 5.07. The minimum atomic E-state index is -0.721. The highest BCUT2D eigenvalue weighted by atomic mass is 16.4. The van der Waals surface area contributed by atoms with Crippen molar-refractivity contribution in [2.75, 3.05) is 0 Å². The van der Waals surface area contributed by atoms with Crippen LogP contribution in [0.25, 0.3) is 0 Å². The average Bonchev–Trinajstić information content (AvgIpc) is 1.78. The maximum Gasteiger partial charge on any atom is 0.304 e. The molecule has 13 heavy (non-hydrogen) atoms. The van der Waals surface area contributed by atoms with Gasteiger partial charge in [-0.05, 0) is 32.6 Å². The van der Waals surface area contributed by atoms with Crippen molar-refractivity contribution < 1.29 is 9.90 Å². The van der Waals surface area contributed by atoms with Gasteiger partial charge in [-0.2, -0.15) is 0 Å². The zero-order valence-corrected chi connectivity index (χ0v) is 8.42. The fourth-order valence-electron chi connectivity index (χ4n) is 1.85. The lowest BCUT2D eigenvalue weighted by Crippen LogP contribution is -2.42. The van der Waals surface area contributed by atoms with Crippen molar-refractivity contribution >= 4 is 5.97 Å². The third kappa shape index (κ3) is 3.35. The normalized spacial score (nSPS) is 22.0. The van der Waals surface area contributed by atoms with E-state index in [1.54, 1.807) is 0 Å². The highest BCUT2D eigenvalue weighted by molar-refractivity contribution is 5.67. The zero-order chi connectivity index (χ0) is 9.84. The minimum absolute atomic E-state index is 0.0908. The van der Waals surface area contributed by atoms with Crippen LogP contribution < -0.4 is 5.32 Å². The van der Waals surface area contributed by atoms with Crippen LogP contribution in [0.15, 0.2) is 0 Å². The van der Waals surface area contributed by atoms with Gasteiger partial charge in [0.05, 0.1) is 6.42 Å². The van der Waals surface area contributed by atoms with Gasteiger partial charge in [0.1, 0.15) is 0 Å². The zero-order valence-electron chi connectivity index (χ0n) is 8.42. The van der Waals surface area contributed by atoms with Crippen LogP contribution in [0.3, 0.4) is 0 Å². The number of carboxylic acid groups (broad SMARTS) is 1. The number of rotatable bonds is 5. The molecule has 0 spiro atoms. The molecule has 1 aliphatic carbocycles. The molecule has 0 radical (unpaired) electrons. The van der Waals surface area contributed by atoms with Gasteiger partial charge in [0, 0.05) is 12.1 Å². The van der Waals surface area contributed by atoms with Crippen molar-refractivity contribution in [3.05, 3.63) is 0 Å². The molecule has 0 bridgehead atoms. The highest BCUT2D eigenvalue weighted by Gasteiger charge is 2.24. The summed E-state index contributed by atoms with van der Waals surface area (Å²) in [6.45, 7) is 4.09. The predicted molar refractivity (Wildman–Crippen MR) is 51.7 cm³/mol. The summed E-state index contributed by atoms with van der Waals surface area (Å²) in [5.41, 5.74) is 0. The van der Waals surface area contributed by atoms with E-state index in [1.807, 2.05) is 6.92 Å². The number of carboxylic acids is 1. The second kappa shape index (κ2) is 4.61. The van der Waals surface area contributed by atoms with E-state index < -0.39 is 5.97 Å². The molecule has 0 heterocycles. The van der Waals surface area contributed by atoms with E-state index in [1.165, 1.54) is 19.3 Å². The highest BCUT2D eigenvalue weighted by Crippen LogP contribution is 2.29. The van der Waals surface area contributed by atoms with Crippen molar-refractivity contribution in [2.45, 2.75) is 51.6 Å². The van der Waals surface area contributed by atoms with E-state index in [9.17, 15) is 4.79 Å². The summed E-state index contributed by atoms with van der Waals surface area (Å²) in [5, 5.41) is 11.9. The second-order valence-electron chi connectivity index (χ2n) is 4.15. The maximum atomic E-state index is 10.4. The molecule has 0 aliphatic heterocycles. The smallest absolute Gasteiger partial charge is 0.304 e. The van der Waals surface area contributed by atoms with Crippen LogP contribution in [0.5, 0.6) is 0 Å². The third-order valence-electron chi connectivity index (χ3n) is 2.89. The van der Waals surface area contributed by atoms with Crippen LogP contribution in [0.4, 0.5) is 0 Å². The van der Waals surface area contributed by atoms with Crippen LogP contribution in [-0.2, 0) is 4.79 Å². The van der Waals surface area contributed by atoms with Gasteiger partial charge < -0.3 is 10.4 Å². The summed E-state index contributed by atoms with van der Waals surface area (Å²) < 4.78 is 0. The molecule has 1 fully saturated rings. The molecule has 0 aromatic carbocycles. The summed E-state index contributed by atoms with van der Waals surface area (Å²) in [6.07, 6.45) is 4.16. The molecule has 1 aliphatic rings. The first-order valence-corrected chi connectivity index (χ1v) is 5.07. The van der Waals surface area contributed by atoms with Gasteiger partial charge in [-0.3, -0.25) is 4.79 Å². The first-order chi connectivity index (χ1) is 6.09. The summed E-state index contributed by atoms with van der Waals surface area (Å²) in [6, 6.07) is 0.566. The fourth-order valence-corrected chi connectivity index (χ4v) is 1.85. The van der Waals surface area contributed by atoms with Crippen molar-refractivity contribution in [1.82, 2.24) is 5.32 Å². The van der Waals surface area contributed by atoms with Crippen molar-refractivity contribution in [3.8, 4) is 0 Å². The van der Waals surface area contributed by atoms with Gasteiger partial charge in [0.2, 0.25) is 0 Å². The Morgan fingerprint density at radius 1 is 1.54 bits per heavy atom. The van der Waals surface area contributed by atoms with Crippen LogP contribution in [0.2, 0.25) is 0 Å². The number of hydrogen-bond acceptors (Lipinski definition) is 2. The van der Waals surface area contributed by atoms with Gasteiger partial charge >= 0.3 is 5.97 Å². The van der Waals surface area contributed by atoms with Crippen LogP contribution in [-0.4, -0.2) is 23.2 Å². The van der Waals surface area contributed by atoms with Gasteiger partial charge in [-0.15, -0.1) is 0 Å². The molecule has 3 heteroatoms. The summed E-state index contributed by atoms with van der Waals surface area (Å²) in [5.74, 6) is 0.0528. The van der Waals surface area contributed by atoms with Crippen molar-refractivity contribution in [1.29, 1.82) is 0 Å². The second-order valence-corrected chi connectivity index (χ2v) is 4.15. The molecule has 0 saturated heterocycles. The summed E-state index contributed by atoms with van der Waals surface area (Å²) in [7, 11) is 0. The summed E-state index contributed by atoms with van der Waals surface area (Å²) in [4.78, 5) is 10.4. The Hall–Kier alpha value is -0.570. The Kier molecular flexibility index (Phi) is 3.72. The Morgan fingerprint density at radius 2 is 2.15 bits per heavy atom. The van der Waals surface area contributed by atoms with Crippen molar-refractivity contribution in [2.24, 2.45) is 5.92 Å². The van der Waals surface area contributed by atoms with E-state index >= 15 is 0 Å². The molecule has 2 atom stereocenters. The number of hydrogen-bond donors (Lipinski definition) is 2. The standard InChI is InChI=1S/C10H19NO2/c1-7(6-10(12)13)11-8(2)9-4-3-5-9/h7-9,11H,3-6H2,1-2H3,(H,12,13). The van der Waals surface area contributed by atoms with Gasteiger partial charge in [0.15, 0.2) is 0 Å². The minimum Gasteiger partial charge on any atom is -0.481 e. The molecular formula is C10H19NO2. The molecule has 76 valence electrons. The Bertz CT molecular complexity index is 178. The Morgan fingerprint density at radius 3 is 2.54 bits per heavy atom. The number of carbonyl (C=O) groups is 1. The molecule has 0 aromatic rings. The largest absolute Gasteiger partial charge is 0.481 e. The quantitative estimate of drug-likeness (QED) is 0.684. The fraction of sp³-hybridized carbons (Fsp3) is 0.900. The van der Waals surface area contributed by atoms with E-state index in [4.69, 9.17) is 5.11 Å². The van der Waals surface area contributed by atoms with Gasteiger partial charge in [0.25, 0.3) is 0 Å². The molecule has 2 N–H and O–H groups in total. The molecule has 3 nitrogen and oxygen atoms in total. The Balaban J connectivity index is 2.18. The first kappa shape index (κ1) is 10.5. The third-order valence-corrected chi connectivity index (χ3v) is 2.89. The van der Waals surface area contributed by atoms with E-state index in [0.717, 1.165) is 5.92 Å². The molecule has 0 aromatic heterocycles. The topological polar surface area (TPSA) is 49.3 Å². The maximum absolute atomic E-state index is 10.4. The molecule has 2 unspecified atom stereocenters. The molecule has 1 rings (SSSR count). The molecular weight excluding hydrogens is 166 g/mol. The van der Waals surface area contributed by atoms with E-state index in [-0.39, 0.29) is 12.5 Å². The SMILES string of the molecule is CC(CC(=O)O)NC(C)C1CCC1. The van der Waals surface area contributed by atoms with Crippen LogP contribution in [0.1, 0.15) is 39.5 Å². The lowest BCUT2D eigenvalue weighted by atomic mass is 9.80. The number of nitrogens with one attached hydrogen (secondary N) is 1. The Labute approximate surface area is 79.5 Å². The molecule has 1 saturated carbocycles. The number of aliphatic carboxylic acids is 1. The van der Waals surface area contributed by atoms with Crippen LogP contribution >= 0.6 is 0 Å². The lowest BCUT2D eigenvalue weighted by Gasteiger charge is -2.33. The average molecular weight is 185 g/mol. The van der Waals surface area contributed by atoms with E-state index in [2.05, 4.69) is 12.2 Å². The summed E-state index contributed by atoms with van der Waals surface area (Å²) >= 11 is 0. The van der Waals surface area contributed by atoms with Crippen molar-refractivity contribution in [3.63, 3.8) is 0 Å². The van der Waals surface area contributed by atoms with Gasteiger partial charge in [-0.1, -0.05) is 6.42 Å². The monoisotopic (exact) mass is 185 g/mol. The lowest BCUT2D eigenvalue weighted by molar-refractivity contribution is -0.137.